The second-order valence-electron chi connectivity index (χ2n) is 2.89. The van der Waals surface area contributed by atoms with Crippen molar-refractivity contribution in [2.75, 3.05) is 0 Å². The maximum Gasteiger partial charge on any atom is 0.574 e. The van der Waals surface area contributed by atoms with Crippen LogP contribution in [0.3, 0.4) is 0 Å². The molecule has 0 aliphatic rings. The van der Waals surface area contributed by atoms with E-state index in [1.165, 1.54) is 0 Å². The number of ether oxygens (including phenoxy) is 1. The van der Waals surface area contributed by atoms with Crippen molar-refractivity contribution in [1.82, 2.24) is 4.98 Å². The van der Waals surface area contributed by atoms with E-state index < -0.39 is 24.2 Å². The Hall–Kier alpha value is -0.710. The van der Waals surface area contributed by atoms with Crippen molar-refractivity contribution in [3.05, 3.63) is 20.9 Å². The standard InChI is InChI=1S/C8H6F5IN2O/c9-5(10)4-1-3(2-15)6(14)16-7(4)17-8(11,12)13/h1,5H,2,15H2. The zero-order chi connectivity index (χ0) is 13.2. The van der Waals surface area contributed by atoms with Crippen molar-refractivity contribution in [1.29, 1.82) is 0 Å². The summed E-state index contributed by atoms with van der Waals surface area (Å²) in [6.07, 6.45) is -8.19. The number of pyridine rings is 1. The lowest BCUT2D eigenvalue weighted by molar-refractivity contribution is -0.276. The smallest absolute Gasteiger partial charge is 0.387 e. The molecular weight excluding hydrogens is 362 g/mol. The van der Waals surface area contributed by atoms with Gasteiger partial charge in [-0.3, -0.25) is 0 Å². The van der Waals surface area contributed by atoms with Crippen molar-refractivity contribution in [2.24, 2.45) is 5.73 Å². The highest BCUT2D eigenvalue weighted by molar-refractivity contribution is 14.1. The Morgan fingerprint density at radius 3 is 2.41 bits per heavy atom. The minimum Gasteiger partial charge on any atom is -0.387 e. The van der Waals surface area contributed by atoms with Crippen molar-refractivity contribution in [3.8, 4) is 5.88 Å². The van der Waals surface area contributed by atoms with Gasteiger partial charge in [-0.05, 0) is 34.2 Å². The third-order valence-corrected chi connectivity index (χ3v) is 2.64. The quantitative estimate of drug-likeness (QED) is 0.507. The molecule has 1 heterocycles. The Bertz CT molecular complexity index is 410. The lowest BCUT2D eigenvalue weighted by Gasteiger charge is -2.13. The first-order valence-electron chi connectivity index (χ1n) is 4.18. The molecule has 0 bridgehead atoms. The molecule has 2 N–H and O–H groups in total. The number of nitrogens with zero attached hydrogens (tertiary/aromatic N) is 1. The van der Waals surface area contributed by atoms with Crippen LogP contribution in [-0.4, -0.2) is 11.3 Å². The highest BCUT2D eigenvalue weighted by atomic mass is 127. The highest BCUT2D eigenvalue weighted by Crippen LogP contribution is 2.33. The Kier molecular flexibility index (Phi) is 4.47. The monoisotopic (exact) mass is 368 g/mol. The molecule has 0 saturated carbocycles. The summed E-state index contributed by atoms with van der Waals surface area (Å²) in [5.41, 5.74) is 4.55. The van der Waals surface area contributed by atoms with Crippen LogP contribution in [0.25, 0.3) is 0 Å². The summed E-state index contributed by atoms with van der Waals surface area (Å²) in [7, 11) is 0. The van der Waals surface area contributed by atoms with Gasteiger partial charge in [-0.1, -0.05) is 0 Å². The predicted octanol–water partition coefficient (Wildman–Crippen LogP) is 2.98. The van der Waals surface area contributed by atoms with E-state index in [0.717, 1.165) is 6.07 Å². The van der Waals surface area contributed by atoms with Crippen LogP contribution in [0.15, 0.2) is 6.07 Å². The molecule has 0 saturated heterocycles. The molecule has 3 nitrogen and oxygen atoms in total. The number of hydrogen-bond donors (Lipinski definition) is 1. The van der Waals surface area contributed by atoms with Crippen LogP contribution in [0.2, 0.25) is 0 Å². The van der Waals surface area contributed by atoms with E-state index in [1.807, 2.05) is 0 Å². The molecule has 96 valence electrons. The van der Waals surface area contributed by atoms with Crippen LogP contribution in [0, 0.1) is 3.70 Å². The predicted molar refractivity (Wildman–Crippen MR) is 56.5 cm³/mol. The number of nitrogens with two attached hydrogens (primary N) is 1. The molecule has 0 spiro atoms. The topological polar surface area (TPSA) is 48.1 Å². The number of hydrogen-bond acceptors (Lipinski definition) is 3. The van der Waals surface area contributed by atoms with Crippen molar-refractivity contribution < 1.29 is 26.7 Å². The summed E-state index contributed by atoms with van der Waals surface area (Å²) < 4.78 is 64.5. The lowest BCUT2D eigenvalue weighted by atomic mass is 10.2. The summed E-state index contributed by atoms with van der Waals surface area (Å²) in [5.74, 6) is -1.14. The van der Waals surface area contributed by atoms with Gasteiger partial charge in [0.2, 0.25) is 5.88 Å². The van der Waals surface area contributed by atoms with E-state index in [0.29, 0.717) is 0 Å². The van der Waals surface area contributed by atoms with Gasteiger partial charge in [-0.15, -0.1) is 13.2 Å². The van der Waals surface area contributed by atoms with E-state index in [4.69, 9.17) is 5.73 Å². The molecule has 0 aliphatic carbocycles. The molecule has 0 aromatic carbocycles. The Morgan fingerprint density at radius 1 is 1.41 bits per heavy atom. The highest BCUT2D eigenvalue weighted by Gasteiger charge is 2.34. The normalized spacial score (nSPS) is 12.0. The Balaban J connectivity index is 3.23. The van der Waals surface area contributed by atoms with Crippen LogP contribution in [0.5, 0.6) is 5.88 Å². The van der Waals surface area contributed by atoms with Gasteiger partial charge < -0.3 is 10.5 Å². The maximum absolute atomic E-state index is 12.5. The minimum absolute atomic E-state index is 0.0914. The van der Waals surface area contributed by atoms with Gasteiger partial charge in [0.1, 0.15) is 3.70 Å². The van der Waals surface area contributed by atoms with Gasteiger partial charge in [0.15, 0.2) is 0 Å². The molecule has 0 radical (unpaired) electrons. The van der Waals surface area contributed by atoms with Gasteiger partial charge in [0.05, 0.1) is 5.56 Å². The minimum atomic E-state index is -5.07. The second kappa shape index (κ2) is 5.29. The van der Waals surface area contributed by atoms with Crippen LogP contribution in [-0.2, 0) is 6.54 Å². The number of alkyl halides is 5. The van der Waals surface area contributed by atoms with Gasteiger partial charge in [0, 0.05) is 6.54 Å². The molecule has 0 aliphatic heterocycles. The van der Waals surface area contributed by atoms with E-state index in [-0.39, 0.29) is 15.8 Å². The zero-order valence-corrected chi connectivity index (χ0v) is 10.2. The number of halogens is 6. The van der Waals surface area contributed by atoms with E-state index in [1.54, 1.807) is 22.6 Å². The van der Waals surface area contributed by atoms with Gasteiger partial charge in [-0.25, -0.2) is 13.8 Å². The fraction of sp³-hybridized carbons (Fsp3) is 0.375. The number of rotatable bonds is 3. The van der Waals surface area contributed by atoms with E-state index in [9.17, 15) is 22.0 Å². The third kappa shape index (κ3) is 3.91. The Morgan fingerprint density at radius 2 is 2.00 bits per heavy atom. The average Bonchev–Trinajstić information content (AvgIpc) is 2.14. The molecule has 0 atom stereocenters. The summed E-state index contributed by atoms with van der Waals surface area (Å²) in [6.45, 7) is -0.0999. The lowest BCUT2D eigenvalue weighted by Crippen LogP contribution is -2.20. The average molecular weight is 368 g/mol. The van der Waals surface area contributed by atoms with E-state index >= 15 is 0 Å². The van der Waals surface area contributed by atoms with Gasteiger partial charge in [0.25, 0.3) is 6.43 Å². The Labute approximate surface area is 106 Å². The van der Waals surface area contributed by atoms with E-state index in [2.05, 4.69) is 9.72 Å². The van der Waals surface area contributed by atoms with Gasteiger partial charge in [-0.2, -0.15) is 0 Å². The molecule has 0 amide bonds. The molecule has 0 fully saturated rings. The molecule has 17 heavy (non-hydrogen) atoms. The van der Waals surface area contributed by atoms with Crippen molar-refractivity contribution in [2.45, 2.75) is 19.3 Å². The first-order valence-corrected chi connectivity index (χ1v) is 5.25. The van der Waals surface area contributed by atoms with Crippen LogP contribution < -0.4 is 10.5 Å². The summed E-state index contributed by atoms with van der Waals surface area (Å²) in [4.78, 5) is 3.33. The van der Waals surface area contributed by atoms with Crippen LogP contribution in [0.1, 0.15) is 17.6 Å². The maximum atomic E-state index is 12.5. The van der Waals surface area contributed by atoms with Crippen LogP contribution in [0.4, 0.5) is 22.0 Å². The molecular formula is C8H6F5IN2O. The first kappa shape index (κ1) is 14.4. The summed E-state index contributed by atoms with van der Waals surface area (Å²) >= 11 is 1.59. The largest absolute Gasteiger partial charge is 0.574 e. The molecule has 0 unspecified atom stereocenters. The van der Waals surface area contributed by atoms with Crippen molar-refractivity contribution in [3.63, 3.8) is 0 Å². The third-order valence-electron chi connectivity index (χ3n) is 1.71. The molecule has 1 aromatic heterocycles. The SMILES string of the molecule is NCc1cc(C(F)F)c(OC(F)(F)F)nc1I. The van der Waals surface area contributed by atoms with Gasteiger partial charge >= 0.3 is 6.36 Å². The molecule has 1 rings (SSSR count). The first-order chi connectivity index (χ1) is 7.74. The van der Waals surface area contributed by atoms with Crippen molar-refractivity contribution >= 4 is 22.6 Å². The molecule has 1 aromatic rings. The fourth-order valence-electron chi connectivity index (χ4n) is 1.03. The zero-order valence-electron chi connectivity index (χ0n) is 8.06. The number of aromatic nitrogens is 1. The summed E-state index contributed by atoms with van der Waals surface area (Å²) in [6, 6.07) is 0.862. The molecule has 9 heteroatoms. The fourth-order valence-corrected chi connectivity index (χ4v) is 1.62. The van der Waals surface area contributed by atoms with Crippen LogP contribution >= 0.6 is 22.6 Å². The summed E-state index contributed by atoms with van der Waals surface area (Å²) in [5, 5.41) is 0. The second-order valence-corrected chi connectivity index (χ2v) is 3.91.